The minimum Gasteiger partial charge on any atom is -0.330 e. The molecule has 5 nitrogen and oxygen atoms in total. The lowest BCUT2D eigenvalue weighted by molar-refractivity contribution is 0.473. The van der Waals surface area contributed by atoms with Crippen LogP contribution in [-0.4, -0.2) is 18.0 Å². The van der Waals surface area contributed by atoms with Crippen molar-refractivity contribution in [2.45, 2.75) is 57.5 Å². The van der Waals surface area contributed by atoms with E-state index in [9.17, 15) is 8.42 Å². The highest BCUT2D eigenvalue weighted by Crippen LogP contribution is 2.23. The number of hydrogen-bond donors (Lipinski definition) is 1. The Balaban J connectivity index is 3.23. The van der Waals surface area contributed by atoms with E-state index in [4.69, 9.17) is 5.14 Å². The Labute approximate surface area is 103 Å². The van der Waals surface area contributed by atoms with E-state index in [-0.39, 0.29) is 17.0 Å². The first-order valence-electron chi connectivity index (χ1n) is 5.89. The molecule has 0 saturated heterocycles. The van der Waals surface area contributed by atoms with E-state index in [1.165, 1.54) is 0 Å². The fourth-order valence-electron chi connectivity index (χ4n) is 1.86. The van der Waals surface area contributed by atoms with E-state index in [1.54, 1.807) is 6.20 Å². The molecule has 0 fully saturated rings. The molecule has 0 bridgehead atoms. The van der Waals surface area contributed by atoms with Crippen LogP contribution in [0, 0.1) is 0 Å². The van der Waals surface area contributed by atoms with Crippen molar-refractivity contribution >= 4 is 10.0 Å². The van der Waals surface area contributed by atoms with Gasteiger partial charge in [-0.25, -0.2) is 18.5 Å². The minimum absolute atomic E-state index is 0.0378. The summed E-state index contributed by atoms with van der Waals surface area (Å²) in [6.45, 7) is 8.14. The summed E-state index contributed by atoms with van der Waals surface area (Å²) in [7, 11) is -3.72. The molecule has 98 valence electrons. The summed E-state index contributed by atoms with van der Waals surface area (Å²) >= 11 is 0. The van der Waals surface area contributed by atoms with E-state index in [0.717, 1.165) is 18.7 Å². The molecule has 1 atom stereocenters. The molecule has 0 aromatic carbocycles. The monoisotopic (exact) mass is 259 g/mol. The van der Waals surface area contributed by atoms with Crippen molar-refractivity contribution in [2.24, 2.45) is 5.14 Å². The van der Waals surface area contributed by atoms with Gasteiger partial charge in [0.05, 0.1) is 0 Å². The van der Waals surface area contributed by atoms with Crippen LogP contribution in [0.3, 0.4) is 0 Å². The van der Waals surface area contributed by atoms with Crippen LogP contribution in [0.2, 0.25) is 0 Å². The largest absolute Gasteiger partial charge is 0.330 e. The lowest BCUT2D eigenvalue weighted by Crippen LogP contribution is -2.12. The number of rotatable bonds is 5. The molecule has 1 unspecified atom stereocenters. The average Bonchev–Trinajstić information content (AvgIpc) is 2.61. The number of nitrogens with zero attached hydrogens (tertiary/aromatic N) is 2. The number of primary sulfonamides is 1. The van der Waals surface area contributed by atoms with Gasteiger partial charge < -0.3 is 4.57 Å². The summed E-state index contributed by atoms with van der Waals surface area (Å²) in [6, 6.07) is 0.236. The Morgan fingerprint density at radius 2 is 2.00 bits per heavy atom. The second-order valence-electron chi connectivity index (χ2n) is 4.68. The van der Waals surface area contributed by atoms with E-state index >= 15 is 0 Å². The second-order valence-corrected chi connectivity index (χ2v) is 6.19. The van der Waals surface area contributed by atoms with Crippen molar-refractivity contribution in [2.75, 3.05) is 0 Å². The maximum absolute atomic E-state index is 11.3. The molecule has 6 heteroatoms. The first-order valence-corrected chi connectivity index (χ1v) is 7.43. The van der Waals surface area contributed by atoms with Gasteiger partial charge in [-0.2, -0.15) is 0 Å². The predicted octanol–water partition coefficient (Wildman–Crippen LogP) is 2.02. The van der Waals surface area contributed by atoms with Crippen LogP contribution >= 0.6 is 0 Å². The van der Waals surface area contributed by atoms with Crippen molar-refractivity contribution in [1.29, 1.82) is 0 Å². The summed E-state index contributed by atoms with van der Waals surface area (Å²) in [6.07, 6.45) is 3.58. The average molecular weight is 259 g/mol. The molecule has 0 aliphatic carbocycles. The van der Waals surface area contributed by atoms with Crippen molar-refractivity contribution in [1.82, 2.24) is 9.55 Å². The van der Waals surface area contributed by atoms with Gasteiger partial charge in [0.2, 0.25) is 0 Å². The molecule has 0 amide bonds. The molecule has 17 heavy (non-hydrogen) atoms. The van der Waals surface area contributed by atoms with Gasteiger partial charge in [-0.15, -0.1) is 0 Å². The molecule has 1 aromatic rings. The lowest BCUT2D eigenvalue weighted by Gasteiger charge is -2.16. The smallest absolute Gasteiger partial charge is 0.257 e. The molecular weight excluding hydrogens is 238 g/mol. The number of aromatic nitrogens is 2. The first-order chi connectivity index (χ1) is 7.77. The maximum atomic E-state index is 11.3. The molecule has 0 radical (unpaired) electrons. The third-order valence-corrected chi connectivity index (χ3v) is 3.51. The van der Waals surface area contributed by atoms with Crippen LogP contribution in [0.15, 0.2) is 11.2 Å². The summed E-state index contributed by atoms with van der Waals surface area (Å²) in [5.74, 6) is 0.944. The SMILES string of the molecule is CCCC(C)n1cc(S(N)(=O)=O)nc1C(C)C. The molecule has 0 aliphatic heterocycles. The predicted molar refractivity (Wildman–Crippen MR) is 67.3 cm³/mol. The molecule has 1 heterocycles. The summed E-state index contributed by atoms with van der Waals surface area (Å²) < 4.78 is 24.5. The minimum atomic E-state index is -3.72. The van der Waals surface area contributed by atoms with Gasteiger partial charge in [-0.1, -0.05) is 27.2 Å². The van der Waals surface area contributed by atoms with Crippen molar-refractivity contribution in [3.05, 3.63) is 12.0 Å². The Morgan fingerprint density at radius 3 is 2.41 bits per heavy atom. The zero-order chi connectivity index (χ0) is 13.2. The lowest BCUT2D eigenvalue weighted by atomic mass is 10.1. The van der Waals surface area contributed by atoms with Gasteiger partial charge >= 0.3 is 0 Å². The quantitative estimate of drug-likeness (QED) is 0.878. The van der Waals surface area contributed by atoms with Crippen LogP contribution in [0.5, 0.6) is 0 Å². The third kappa shape index (κ3) is 3.29. The van der Waals surface area contributed by atoms with Gasteiger partial charge in [0, 0.05) is 18.2 Å². The van der Waals surface area contributed by atoms with Crippen LogP contribution in [0.25, 0.3) is 0 Å². The molecule has 2 N–H and O–H groups in total. The highest BCUT2D eigenvalue weighted by atomic mass is 32.2. The molecule has 0 aliphatic rings. The zero-order valence-corrected chi connectivity index (χ0v) is 11.7. The Hall–Kier alpha value is -0.880. The third-order valence-electron chi connectivity index (χ3n) is 2.73. The van der Waals surface area contributed by atoms with Gasteiger partial charge in [-0.3, -0.25) is 0 Å². The summed E-state index contributed by atoms with van der Waals surface area (Å²) in [4.78, 5) is 4.13. The van der Waals surface area contributed by atoms with Crippen molar-refractivity contribution < 1.29 is 8.42 Å². The Morgan fingerprint density at radius 1 is 1.41 bits per heavy atom. The van der Waals surface area contributed by atoms with Crippen LogP contribution in [0.4, 0.5) is 0 Å². The van der Waals surface area contributed by atoms with Crippen molar-refractivity contribution in [3.63, 3.8) is 0 Å². The van der Waals surface area contributed by atoms with E-state index < -0.39 is 10.0 Å². The summed E-state index contributed by atoms with van der Waals surface area (Å²) in [5, 5.41) is 5.07. The van der Waals surface area contributed by atoms with E-state index in [0.29, 0.717) is 0 Å². The topological polar surface area (TPSA) is 78.0 Å². The summed E-state index contributed by atoms with van der Waals surface area (Å²) in [5.41, 5.74) is 0. The van der Waals surface area contributed by atoms with Gasteiger partial charge in [-0.05, 0) is 13.3 Å². The highest BCUT2D eigenvalue weighted by molar-refractivity contribution is 7.89. The number of hydrogen-bond acceptors (Lipinski definition) is 3. The standard InChI is InChI=1S/C11H21N3O2S/c1-5-6-9(4)14-7-10(17(12,15)16)13-11(14)8(2)3/h7-9H,5-6H2,1-4H3,(H2,12,15,16). The second kappa shape index (κ2) is 5.18. The fraction of sp³-hybridized carbons (Fsp3) is 0.727. The van der Waals surface area contributed by atoms with Crippen LogP contribution < -0.4 is 5.14 Å². The van der Waals surface area contributed by atoms with E-state index in [1.807, 2.05) is 18.4 Å². The Bertz CT molecular complexity index is 477. The zero-order valence-electron chi connectivity index (χ0n) is 10.8. The molecule has 0 saturated carbocycles. The maximum Gasteiger partial charge on any atom is 0.257 e. The van der Waals surface area contributed by atoms with Crippen molar-refractivity contribution in [3.8, 4) is 0 Å². The number of sulfonamides is 1. The first kappa shape index (κ1) is 14.2. The molecule has 1 aromatic heterocycles. The normalized spacial score (nSPS) is 14.2. The molecular formula is C11H21N3O2S. The van der Waals surface area contributed by atoms with Gasteiger partial charge in [0.25, 0.3) is 10.0 Å². The van der Waals surface area contributed by atoms with Crippen LogP contribution in [-0.2, 0) is 10.0 Å². The molecule has 1 rings (SSSR count). The molecule has 0 spiro atoms. The van der Waals surface area contributed by atoms with Gasteiger partial charge in [0.15, 0.2) is 5.03 Å². The van der Waals surface area contributed by atoms with E-state index in [2.05, 4.69) is 18.8 Å². The van der Waals surface area contributed by atoms with Crippen LogP contribution in [0.1, 0.15) is 58.3 Å². The van der Waals surface area contributed by atoms with Gasteiger partial charge in [0.1, 0.15) is 5.82 Å². The fourth-order valence-corrected chi connectivity index (χ4v) is 2.34. The highest BCUT2D eigenvalue weighted by Gasteiger charge is 2.20. The Kier molecular flexibility index (Phi) is 4.32. The number of nitrogens with two attached hydrogens (primary N) is 1. The number of imidazole rings is 1.